The summed E-state index contributed by atoms with van der Waals surface area (Å²) in [6.45, 7) is 0. The van der Waals surface area contributed by atoms with Gasteiger partial charge in [0.1, 0.15) is 0 Å². The standard InChI is InChI=1S/C16H14N4O4S/c21-14(12-8-13(23-19-12)9-4-2-1-3-5-9)17-11-6-10(7-11)15-18-16(25-22)20-24-15/h1-5,8,10-11,22H,6-7H2,(H,17,21). The molecule has 2 N–H and O–H groups in total. The van der Waals surface area contributed by atoms with E-state index in [4.69, 9.17) is 13.6 Å². The molecule has 1 amide bonds. The Morgan fingerprint density at radius 3 is 2.72 bits per heavy atom. The normalized spacial score (nSPS) is 19.4. The van der Waals surface area contributed by atoms with Gasteiger partial charge in [0, 0.05) is 23.6 Å². The first kappa shape index (κ1) is 15.9. The average molecular weight is 358 g/mol. The SMILES string of the molecule is O=C(NC1CC(c2nc(SO)no2)C1)c1cc(-c2ccccc2)on1. The van der Waals surface area contributed by atoms with Gasteiger partial charge in [-0.15, -0.1) is 0 Å². The fourth-order valence-electron chi connectivity index (χ4n) is 2.74. The third-order valence-corrected chi connectivity index (χ3v) is 4.46. The second kappa shape index (κ2) is 6.69. The van der Waals surface area contributed by atoms with E-state index in [1.54, 1.807) is 6.07 Å². The molecule has 0 saturated heterocycles. The van der Waals surface area contributed by atoms with Gasteiger partial charge in [0.05, 0.1) is 12.0 Å². The number of hydrogen-bond donors (Lipinski definition) is 2. The van der Waals surface area contributed by atoms with Gasteiger partial charge in [-0.1, -0.05) is 35.5 Å². The molecule has 3 aromatic rings. The van der Waals surface area contributed by atoms with Crippen molar-refractivity contribution in [1.29, 1.82) is 0 Å². The molecule has 1 fully saturated rings. The highest BCUT2D eigenvalue weighted by molar-refractivity contribution is 7.93. The van der Waals surface area contributed by atoms with Gasteiger partial charge < -0.3 is 18.9 Å². The first-order valence-corrected chi connectivity index (χ1v) is 8.48. The van der Waals surface area contributed by atoms with Crippen LogP contribution in [0.4, 0.5) is 0 Å². The molecule has 9 heteroatoms. The fraction of sp³-hybridized carbons (Fsp3) is 0.250. The van der Waals surface area contributed by atoms with Crippen molar-refractivity contribution in [2.75, 3.05) is 0 Å². The molecule has 0 bridgehead atoms. The maximum absolute atomic E-state index is 12.3. The van der Waals surface area contributed by atoms with E-state index in [1.165, 1.54) is 0 Å². The highest BCUT2D eigenvalue weighted by Crippen LogP contribution is 2.36. The average Bonchev–Trinajstić information content (AvgIpc) is 3.27. The van der Waals surface area contributed by atoms with Crippen LogP contribution in [0.3, 0.4) is 0 Å². The van der Waals surface area contributed by atoms with Crippen molar-refractivity contribution >= 4 is 17.9 Å². The van der Waals surface area contributed by atoms with Crippen LogP contribution in [0.25, 0.3) is 11.3 Å². The van der Waals surface area contributed by atoms with Crippen molar-refractivity contribution in [3.05, 3.63) is 48.0 Å². The van der Waals surface area contributed by atoms with Crippen molar-refractivity contribution in [3.63, 3.8) is 0 Å². The minimum absolute atomic E-state index is 0.0199. The molecule has 1 aliphatic rings. The second-order valence-corrected chi connectivity index (χ2v) is 6.34. The van der Waals surface area contributed by atoms with Gasteiger partial charge in [0.15, 0.2) is 11.5 Å². The molecule has 1 aromatic carbocycles. The van der Waals surface area contributed by atoms with Crippen molar-refractivity contribution in [2.45, 2.75) is 30.0 Å². The van der Waals surface area contributed by atoms with E-state index in [1.807, 2.05) is 30.3 Å². The van der Waals surface area contributed by atoms with Crippen LogP contribution in [0.1, 0.15) is 35.1 Å². The number of aromatic nitrogens is 3. The lowest BCUT2D eigenvalue weighted by atomic mass is 9.80. The van der Waals surface area contributed by atoms with Crippen molar-refractivity contribution in [1.82, 2.24) is 20.6 Å². The Hall–Kier alpha value is -2.65. The van der Waals surface area contributed by atoms with Gasteiger partial charge in [0.25, 0.3) is 11.1 Å². The largest absolute Gasteiger partial charge is 0.355 e. The van der Waals surface area contributed by atoms with Gasteiger partial charge >= 0.3 is 0 Å². The van der Waals surface area contributed by atoms with E-state index in [9.17, 15) is 4.79 Å². The summed E-state index contributed by atoms with van der Waals surface area (Å²) in [6.07, 6.45) is 1.40. The van der Waals surface area contributed by atoms with Gasteiger partial charge in [-0.05, 0) is 18.0 Å². The molecule has 128 valence electrons. The number of hydrogen-bond acceptors (Lipinski definition) is 8. The Morgan fingerprint density at radius 2 is 2.00 bits per heavy atom. The van der Waals surface area contributed by atoms with E-state index >= 15 is 0 Å². The number of benzene rings is 1. The van der Waals surface area contributed by atoms with Crippen LogP contribution in [0.2, 0.25) is 0 Å². The highest BCUT2D eigenvalue weighted by Gasteiger charge is 2.35. The topological polar surface area (TPSA) is 114 Å². The molecule has 4 rings (SSSR count). The van der Waals surface area contributed by atoms with Crippen LogP contribution in [0.5, 0.6) is 0 Å². The van der Waals surface area contributed by atoms with Crippen LogP contribution in [0, 0.1) is 0 Å². The number of amides is 1. The number of rotatable bonds is 5. The summed E-state index contributed by atoms with van der Waals surface area (Å²) in [5.74, 6) is 0.856. The lowest BCUT2D eigenvalue weighted by molar-refractivity contribution is 0.0892. The first-order valence-electron chi connectivity index (χ1n) is 7.71. The summed E-state index contributed by atoms with van der Waals surface area (Å²) in [4.78, 5) is 16.3. The maximum atomic E-state index is 12.3. The molecule has 0 atom stereocenters. The third kappa shape index (κ3) is 3.28. The smallest absolute Gasteiger partial charge is 0.273 e. The van der Waals surface area contributed by atoms with Crippen LogP contribution in [-0.2, 0) is 0 Å². The predicted molar refractivity (Wildman–Crippen MR) is 88.0 cm³/mol. The molecule has 0 spiro atoms. The minimum atomic E-state index is -0.272. The summed E-state index contributed by atoms with van der Waals surface area (Å²) in [6, 6.07) is 11.1. The molecule has 0 unspecified atom stereocenters. The summed E-state index contributed by atoms with van der Waals surface area (Å²) in [7, 11) is 0. The number of nitrogens with one attached hydrogen (secondary N) is 1. The molecule has 0 aliphatic heterocycles. The Morgan fingerprint density at radius 1 is 1.20 bits per heavy atom. The fourth-order valence-corrected chi connectivity index (χ4v) is 2.94. The number of carbonyl (C=O) groups is 1. The van der Waals surface area contributed by atoms with E-state index in [0.29, 0.717) is 36.5 Å². The molecular formula is C16H14N4O4S. The Bertz CT molecular complexity index is 873. The van der Waals surface area contributed by atoms with E-state index in [-0.39, 0.29) is 28.7 Å². The predicted octanol–water partition coefficient (Wildman–Crippen LogP) is 2.97. The van der Waals surface area contributed by atoms with Crippen molar-refractivity contribution < 1.29 is 18.4 Å². The van der Waals surface area contributed by atoms with E-state index in [2.05, 4.69) is 20.6 Å². The second-order valence-electron chi connectivity index (χ2n) is 5.79. The minimum Gasteiger partial charge on any atom is -0.355 e. The molecular weight excluding hydrogens is 344 g/mol. The van der Waals surface area contributed by atoms with Gasteiger partial charge in [0.2, 0.25) is 5.89 Å². The molecule has 0 radical (unpaired) electrons. The van der Waals surface area contributed by atoms with Gasteiger partial charge in [-0.25, -0.2) is 0 Å². The maximum Gasteiger partial charge on any atom is 0.273 e. The quantitative estimate of drug-likeness (QED) is 0.669. The van der Waals surface area contributed by atoms with Crippen LogP contribution in [-0.4, -0.2) is 31.8 Å². The summed E-state index contributed by atoms with van der Waals surface area (Å²) < 4.78 is 19.2. The molecule has 1 saturated carbocycles. The Labute approximate surface area is 146 Å². The monoisotopic (exact) mass is 358 g/mol. The Kier molecular flexibility index (Phi) is 4.24. The van der Waals surface area contributed by atoms with Gasteiger partial charge in [-0.3, -0.25) is 4.79 Å². The Balaban J connectivity index is 1.34. The molecule has 2 heterocycles. The lowest BCUT2D eigenvalue weighted by Gasteiger charge is -2.32. The number of nitrogens with zero attached hydrogens (tertiary/aromatic N) is 3. The van der Waals surface area contributed by atoms with Crippen LogP contribution in [0.15, 0.2) is 50.6 Å². The summed E-state index contributed by atoms with van der Waals surface area (Å²) in [5, 5.41) is 10.6. The highest BCUT2D eigenvalue weighted by atomic mass is 32.2. The first-order chi connectivity index (χ1) is 12.2. The molecule has 2 aromatic heterocycles. The van der Waals surface area contributed by atoms with E-state index in [0.717, 1.165) is 5.56 Å². The zero-order valence-corrected chi connectivity index (χ0v) is 13.8. The van der Waals surface area contributed by atoms with Gasteiger partial charge in [-0.2, -0.15) is 4.98 Å². The molecule has 25 heavy (non-hydrogen) atoms. The van der Waals surface area contributed by atoms with Crippen LogP contribution >= 0.6 is 12.0 Å². The lowest BCUT2D eigenvalue weighted by Crippen LogP contribution is -2.43. The summed E-state index contributed by atoms with van der Waals surface area (Å²) in [5.41, 5.74) is 1.12. The third-order valence-electron chi connectivity index (χ3n) is 4.13. The molecule has 8 nitrogen and oxygen atoms in total. The van der Waals surface area contributed by atoms with Crippen molar-refractivity contribution in [2.24, 2.45) is 0 Å². The molecule has 1 aliphatic carbocycles. The van der Waals surface area contributed by atoms with E-state index < -0.39 is 0 Å². The van der Waals surface area contributed by atoms with Crippen LogP contribution < -0.4 is 5.32 Å². The van der Waals surface area contributed by atoms with Crippen molar-refractivity contribution in [3.8, 4) is 11.3 Å². The zero-order chi connectivity index (χ0) is 17.2. The summed E-state index contributed by atoms with van der Waals surface area (Å²) >= 11 is 0.446. The number of carbonyl (C=O) groups excluding carboxylic acids is 1. The zero-order valence-electron chi connectivity index (χ0n) is 13.0.